The van der Waals surface area contributed by atoms with Crippen LogP contribution >= 0.6 is 0 Å². The molecule has 14 rings (SSSR count). The Morgan fingerprint density at radius 2 is 0.945 bits per heavy atom. The van der Waals surface area contributed by atoms with Crippen LogP contribution in [0.2, 0.25) is 0 Å². The first-order valence-corrected chi connectivity index (χ1v) is 25.7. The summed E-state index contributed by atoms with van der Waals surface area (Å²) in [6, 6.07) is 85.9. The van der Waals surface area contributed by atoms with Gasteiger partial charge in [0.05, 0.1) is 22.1 Å². The third kappa shape index (κ3) is 6.95. The van der Waals surface area contributed by atoms with Gasteiger partial charge in [0.2, 0.25) is 0 Å². The summed E-state index contributed by atoms with van der Waals surface area (Å²) in [5.41, 5.74) is 22.9. The molecule has 0 amide bonds. The number of anilines is 3. The number of fused-ring (bicyclic) bond motifs is 9. The molecule has 73 heavy (non-hydrogen) atoms. The molecule has 0 aliphatic heterocycles. The van der Waals surface area contributed by atoms with E-state index < -0.39 is 0 Å². The average Bonchev–Trinajstić information content (AvgIpc) is 4.04. The van der Waals surface area contributed by atoms with Crippen molar-refractivity contribution in [1.29, 1.82) is 0 Å². The molecular weight excluding hydrogens is 883 g/mol. The van der Waals surface area contributed by atoms with E-state index in [1.54, 1.807) is 0 Å². The van der Waals surface area contributed by atoms with Crippen LogP contribution in [0.4, 0.5) is 17.1 Å². The highest BCUT2D eigenvalue weighted by Gasteiger charge is 2.36. The molecule has 0 radical (unpaired) electrons. The molecule has 0 saturated carbocycles. The number of hydrogen-bond donors (Lipinski definition) is 0. The molecule has 0 fully saturated rings. The molecule has 2 aliphatic carbocycles. The minimum atomic E-state index is -0.164. The van der Waals surface area contributed by atoms with E-state index in [0.29, 0.717) is 5.92 Å². The Hall–Kier alpha value is -8.92. The summed E-state index contributed by atoms with van der Waals surface area (Å²) in [6.45, 7) is 7.09. The van der Waals surface area contributed by atoms with Crippen LogP contribution < -0.4 is 4.90 Å². The molecule has 0 bridgehead atoms. The van der Waals surface area contributed by atoms with Gasteiger partial charge in [-0.05, 0) is 165 Å². The highest BCUT2D eigenvalue weighted by Crippen LogP contribution is 2.51. The Kier molecular flexibility index (Phi) is 9.91. The third-order valence-corrected chi connectivity index (χ3v) is 15.9. The first-order chi connectivity index (χ1) is 35.9. The van der Waals surface area contributed by atoms with Crippen molar-refractivity contribution >= 4 is 66.2 Å². The maximum atomic E-state index is 2.49. The average molecular weight is 936 g/mol. The van der Waals surface area contributed by atoms with E-state index in [2.05, 4.69) is 284 Å². The fourth-order valence-electron chi connectivity index (χ4n) is 12.3. The molecule has 2 heterocycles. The first-order valence-electron chi connectivity index (χ1n) is 25.7. The Balaban J connectivity index is 1.02. The second-order valence-electron chi connectivity index (χ2n) is 20.6. The monoisotopic (exact) mass is 935 g/mol. The molecule has 3 heteroatoms. The number of rotatable bonds is 8. The zero-order chi connectivity index (χ0) is 48.8. The summed E-state index contributed by atoms with van der Waals surface area (Å²) < 4.78 is 4.82. The van der Waals surface area contributed by atoms with E-state index in [-0.39, 0.29) is 5.41 Å². The van der Waals surface area contributed by atoms with Crippen molar-refractivity contribution in [2.75, 3.05) is 4.90 Å². The Morgan fingerprint density at radius 1 is 0.397 bits per heavy atom. The van der Waals surface area contributed by atoms with Crippen molar-refractivity contribution in [1.82, 2.24) is 9.13 Å². The Labute approximate surface area is 426 Å². The topological polar surface area (TPSA) is 13.1 Å². The second kappa shape index (κ2) is 16.9. The summed E-state index contributed by atoms with van der Waals surface area (Å²) >= 11 is 0. The van der Waals surface area contributed by atoms with Crippen molar-refractivity contribution in [3.63, 3.8) is 0 Å². The molecule has 2 aromatic heterocycles. The summed E-state index contributed by atoms with van der Waals surface area (Å²) in [4.78, 5) is 2.49. The number of benzene rings is 10. The van der Waals surface area contributed by atoms with Crippen LogP contribution in [0.15, 0.2) is 249 Å². The van der Waals surface area contributed by atoms with E-state index >= 15 is 0 Å². The van der Waals surface area contributed by atoms with E-state index in [1.807, 2.05) is 0 Å². The molecule has 0 saturated heterocycles. The maximum absolute atomic E-state index is 2.49. The fraction of sp³-hybridized carbons (Fsp3) is 0.0857. The summed E-state index contributed by atoms with van der Waals surface area (Å²) in [6.07, 6.45) is 7.83. The van der Waals surface area contributed by atoms with Gasteiger partial charge < -0.3 is 14.0 Å². The lowest BCUT2D eigenvalue weighted by molar-refractivity contribution is 0.660. The van der Waals surface area contributed by atoms with Crippen molar-refractivity contribution in [2.45, 2.75) is 32.6 Å². The molecule has 10 aromatic carbocycles. The lowest BCUT2D eigenvalue weighted by Gasteiger charge is -2.29. The highest BCUT2D eigenvalue weighted by atomic mass is 15.1. The number of para-hydroxylation sites is 4. The van der Waals surface area contributed by atoms with E-state index in [9.17, 15) is 0 Å². The van der Waals surface area contributed by atoms with E-state index in [1.165, 1.54) is 77.0 Å². The highest BCUT2D eigenvalue weighted by molar-refractivity contribution is 6.12. The minimum absolute atomic E-state index is 0.164. The summed E-state index contributed by atoms with van der Waals surface area (Å²) in [5, 5.41) is 4.95. The standard InChI is InChI=1S/C70H53N3/c1-46-18-10-11-23-57(46)47-30-34-54(35-31-47)71(55-36-38-59-58-24-12-15-27-64(58)70(2,3)65(59)45-55)56-41-50(48-33-39-68-63(43-48)61-26-14-17-29-67(61)72(68)52-19-6-4-7-20-52)40-51(42-56)49-32-37-62-60-25-13-16-28-66(60)73(69(62)44-49)53-21-8-5-9-22-53/h4-17,19-46H,18H2,1-3H3. The molecule has 12 aromatic rings. The van der Waals surface area contributed by atoms with Gasteiger partial charge in [-0.15, -0.1) is 0 Å². The van der Waals surface area contributed by atoms with Crippen molar-refractivity contribution in [2.24, 2.45) is 5.92 Å². The molecule has 0 N–H and O–H groups in total. The molecule has 2 aliphatic rings. The van der Waals surface area contributed by atoms with Gasteiger partial charge >= 0.3 is 0 Å². The lowest BCUT2D eigenvalue weighted by Crippen LogP contribution is -2.16. The van der Waals surface area contributed by atoms with Crippen LogP contribution in [-0.4, -0.2) is 9.13 Å². The third-order valence-electron chi connectivity index (χ3n) is 15.9. The number of hydrogen-bond acceptors (Lipinski definition) is 1. The van der Waals surface area contributed by atoms with Crippen LogP contribution in [0.5, 0.6) is 0 Å². The van der Waals surface area contributed by atoms with Crippen LogP contribution in [0.3, 0.4) is 0 Å². The van der Waals surface area contributed by atoms with E-state index in [4.69, 9.17) is 0 Å². The predicted molar refractivity (Wildman–Crippen MR) is 309 cm³/mol. The molecule has 1 atom stereocenters. The normalized spacial score (nSPS) is 14.7. The van der Waals surface area contributed by atoms with Crippen molar-refractivity contribution in [3.8, 4) is 44.8 Å². The molecule has 3 nitrogen and oxygen atoms in total. The summed E-state index contributed by atoms with van der Waals surface area (Å²) in [7, 11) is 0. The van der Waals surface area contributed by atoms with Gasteiger partial charge in [0, 0.05) is 55.4 Å². The predicted octanol–water partition coefficient (Wildman–Crippen LogP) is 19.0. The minimum Gasteiger partial charge on any atom is -0.310 e. The molecular formula is C70H53N3. The first kappa shape index (κ1) is 42.9. The second-order valence-corrected chi connectivity index (χ2v) is 20.6. The number of nitrogens with zero attached hydrogens (tertiary/aromatic N) is 3. The smallest absolute Gasteiger partial charge is 0.0547 e. The Bertz CT molecular complexity index is 4200. The largest absolute Gasteiger partial charge is 0.310 e. The zero-order valence-corrected chi connectivity index (χ0v) is 41.3. The van der Waals surface area contributed by atoms with Gasteiger partial charge in [0.1, 0.15) is 0 Å². The van der Waals surface area contributed by atoms with Gasteiger partial charge in [0.15, 0.2) is 0 Å². The lowest BCUT2D eigenvalue weighted by atomic mass is 9.82. The van der Waals surface area contributed by atoms with Gasteiger partial charge in [-0.3, -0.25) is 0 Å². The molecule has 0 spiro atoms. The quantitative estimate of drug-likeness (QED) is 0.148. The molecule has 1 unspecified atom stereocenters. The Morgan fingerprint density at radius 3 is 1.66 bits per heavy atom. The van der Waals surface area contributed by atoms with Crippen molar-refractivity contribution in [3.05, 3.63) is 265 Å². The molecule has 348 valence electrons. The van der Waals surface area contributed by atoms with Gasteiger partial charge in [-0.1, -0.05) is 172 Å². The SMILES string of the molecule is CC1CC=CC=C1c1ccc(N(c2cc(-c3ccc4c(c3)c3ccccc3n4-c3ccccc3)cc(-c3ccc4c5ccccc5n(-c5ccccc5)c4c3)c2)c2ccc3c(c2)C(C)(C)c2ccccc2-3)cc1. The van der Waals surface area contributed by atoms with Gasteiger partial charge in [0.25, 0.3) is 0 Å². The summed E-state index contributed by atoms with van der Waals surface area (Å²) in [5.74, 6) is 0.462. The van der Waals surface area contributed by atoms with Crippen LogP contribution in [0, 0.1) is 5.92 Å². The number of aromatic nitrogens is 2. The van der Waals surface area contributed by atoms with Crippen LogP contribution in [0.25, 0.3) is 93.9 Å². The van der Waals surface area contributed by atoms with Crippen LogP contribution in [-0.2, 0) is 5.41 Å². The van der Waals surface area contributed by atoms with Crippen molar-refractivity contribution < 1.29 is 0 Å². The maximum Gasteiger partial charge on any atom is 0.0547 e. The number of allylic oxidation sites excluding steroid dienone is 4. The fourth-order valence-corrected chi connectivity index (χ4v) is 12.3. The van der Waals surface area contributed by atoms with Gasteiger partial charge in [-0.2, -0.15) is 0 Å². The van der Waals surface area contributed by atoms with E-state index in [0.717, 1.165) is 57.1 Å². The zero-order valence-electron chi connectivity index (χ0n) is 41.3. The van der Waals surface area contributed by atoms with Gasteiger partial charge in [-0.25, -0.2) is 0 Å². The van der Waals surface area contributed by atoms with Crippen LogP contribution in [0.1, 0.15) is 43.9 Å².